The molecular weight excluding hydrogens is 290 g/mol. The van der Waals surface area contributed by atoms with Gasteiger partial charge in [-0.15, -0.1) is 0 Å². The van der Waals surface area contributed by atoms with Crippen molar-refractivity contribution in [2.24, 2.45) is 5.73 Å². The Balaban J connectivity index is 1.87. The molecule has 21 heavy (non-hydrogen) atoms. The predicted octanol–water partition coefficient (Wildman–Crippen LogP) is 1.08. The molecule has 0 bridgehead atoms. The number of rotatable bonds is 5. The Labute approximate surface area is 125 Å². The fourth-order valence-electron chi connectivity index (χ4n) is 2.96. The van der Waals surface area contributed by atoms with Crippen LogP contribution in [-0.4, -0.2) is 43.6 Å². The minimum Gasteiger partial charge on any atom is -0.380 e. The molecule has 1 aromatic heterocycles. The second-order valence-corrected chi connectivity index (χ2v) is 7.81. The molecule has 2 fully saturated rings. The predicted molar refractivity (Wildman–Crippen MR) is 79.4 cm³/mol. The van der Waals surface area contributed by atoms with Crippen molar-refractivity contribution in [1.29, 1.82) is 0 Å². The van der Waals surface area contributed by atoms with Crippen molar-refractivity contribution < 1.29 is 13.2 Å². The van der Waals surface area contributed by atoms with E-state index in [2.05, 4.69) is 0 Å². The summed E-state index contributed by atoms with van der Waals surface area (Å²) in [5, 5.41) is 0. The van der Waals surface area contributed by atoms with Crippen LogP contribution in [0.1, 0.15) is 37.4 Å². The van der Waals surface area contributed by atoms with Crippen LogP contribution >= 0.6 is 0 Å². The van der Waals surface area contributed by atoms with Crippen LogP contribution < -0.4 is 5.73 Å². The monoisotopic (exact) mass is 313 g/mol. The Hall–Kier alpha value is -0.890. The van der Waals surface area contributed by atoms with Gasteiger partial charge >= 0.3 is 0 Å². The zero-order valence-electron chi connectivity index (χ0n) is 12.4. The number of hydrogen-bond donors (Lipinski definition) is 1. The van der Waals surface area contributed by atoms with Crippen LogP contribution in [0.3, 0.4) is 0 Å². The van der Waals surface area contributed by atoms with Crippen molar-refractivity contribution >= 4 is 10.0 Å². The quantitative estimate of drug-likeness (QED) is 0.882. The smallest absolute Gasteiger partial charge is 0.244 e. The third-order valence-electron chi connectivity index (χ3n) is 4.37. The van der Waals surface area contributed by atoms with Crippen LogP contribution in [0.2, 0.25) is 0 Å². The van der Waals surface area contributed by atoms with Gasteiger partial charge in [0, 0.05) is 44.7 Å². The van der Waals surface area contributed by atoms with E-state index in [1.165, 1.54) is 4.31 Å². The molecule has 1 saturated heterocycles. The van der Waals surface area contributed by atoms with Gasteiger partial charge in [-0.05, 0) is 31.7 Å². The summed E-state index contributed by atoms with van der Waals surface area (Å²) >= 11 is 0. The maximum atomic E-state index is 12.8. The molecule has 1 atom stereocenters. The molecule has 118 valence electrons. The van der Waals surface area contributed by atoms with E-state index in [1.54, 1.807) is 19.4 Å². The first-order chi connectivity index (χ1) is 10.1. The summed E-state index contributed by atoms with van der Waals surface area (Å²) in [5.74, 6) is 0. The van der Waals surface area contributed by atoms with E-state index in [0.717, 1.165) is 31.4 Å². The zero-order chi connectivity index (χ0) is 15.0. The van der Waals surface area contributed by atoms with Gasteiger partial charge in [-0.3, -0.25) is 0 Å². The number of aromatic nitrogens is 1. The first-order valence-corrected chi connectivity index (χ1v) is 8.94. The standard InChI is InChI=1S/C14H23N3O3S/c1-20-13-3-2-6-16(9-13)21(18,19)14-7-12(8-15)17(10-14)11-4-5-11/h7,10-11,13H,2-6,8-9,15H2,1H3. The Kier molecular flexibility index (Phi) is 4.09. The second kappa shape index (κ2) is 5.72. The van der Waals surface area contributed by atoms with Gasteiger partial charge in [-0.25, -0.2) is 8.42 Å². The van der Waals surface area contributed by atoms with Crippen molar-refractivity contribution in [2.75, 3.05) is 20.2 Å². The largest absolute Gasteiger partial charge is 0.380 e. The molecule has 7 heteroatoms. The first kappa shape index (κ1) is 15.0. The summed E-state index contributed by atoms with van der Waals surface area (Å²) in [6.45, 7) is 1.37. The average Bonchev–Trinajstić information content (AvgIpc) is 3.25. The van der Waals surface area contributed by atoms with E-state index >= 15 is 0 Å². The van der Waals surface area contributed by atoms with E-state index in [-0.39, 0.29) is 6.10 Å². The highest BCUT2D eigenvalue weighted by molar-refractivity contribution is 7.89. The molecule has 0 aromatic carbocycles. The van der Waals surface area contributed by atoms with Crippen LogP contribution in [0.25, 0.3) is 0 Å². The van der Waals surface area contributed by atoms with Gasteiger partial charge < -0.3 is 15.0 Å². The van der Waals surface area contributed by atoms with Gasteiger partial charge in [0.15, 0.2) is 0 Å². The second-order valence-electron chi connectivity index (χ2n) is 5.87. The average molecular weight is 313 g/mol. The van der Waals surface area contributed by atoms with E-state index in [1.807, 2.05) is 4.57 Å². The molecule has 2 N–H and O–H groups in total. The Morgan fingerprint density at radius 1 is 1.38 bits per heavy atom. The molecule has 1 saturated carbocycles. The Bertz CT molecular complexity index is 607. The third-order valence-corrected chi connectivity index (χ3v) is 6.20. The van der Waals surface area contributed by atoms with Gasteiger partial charge in [-0.1, -0.05) is 0 Å². The van der Waals surface area contributed by atoms with Crippen LogP contribution in [0, 0.1) is 0 Å². The Morgan fingerprint density at radius 3 is 2.76 bits per heavy atom. The summed E-state index contributed by atoms with van der Waals surface area (Å²) in [5.41, 5.74) is 6.65. The molecule has 0 spiro atoms. The normalized spacial score (nSPS) is 24.4. The van der Waals surface area contributed by atoms with Crippen molar-refractivity contribution in [1.82, 2.24) is 8.87 Å². The van der Waals surface area contributed by atoms with Gasteiger partial charge in [0.2, 0.25) is 10.0 Å². The van der Waals surface area contributed by atoms with Gasteiger partial charge in [0.1, 0.15) is 4.90 Å². The lowest BCUT2D eigenvalue weighted by atomic mass is 10.1. The fraction of sp³-hybridized carbons (Fsp3) is 0.714. The van der Waals surface area contributed by atoms with Crippen molar-refractivity contribution in [2.45, 2.75) is 49.3 Å². The molecule has 3 rings (SSSR count). The van der Waals surface area contributed by atoms with E-state index in [9.17, 15) is 8.42 Å². The summed E-state index contributed by atoms with van der Waals surface area (Å²) < 4.78 is 34.5. The van der Waals surface area contributed by atoms with Crippen molar-refractivity contribution in [3.05, 3.63) is 18.0 Å². The molecule has 2 heterocycles. The molecule has 6 nitrogen and oxygen atoms in total. The summed E-state index contributed by atoms with van der Waals surface area (Å²) in [6.07, 6.45) is 5.72. The van der Waals surface area contributed by atoms with E-state index < -0.39 is 10.0 Å². The molecule has 0 radical (unpaired) electrons. The number of methoxy groups -OCH3 is 1. The van der Waals surface area contributed by atoms with Crippen LogP contribution in [0.15, 0.2) is 17.2 Å². The maximum absolute atomic E-state index is 12.8. The molecule has 0 amide bonds. The minimum absolute atomic E-state index is 0.00646. The summed E-state index contributed by atoms with van der Waals surface area (Å²) in [4.78, 5) is 0.367. The van der Waals surface area contributed by atoms with Crippen LogP contribution in [0.5, 0.6) is 0 Å². The Morgan fingerprint density at radius 2 is 2.14 bits per heavy atom. The number of sulfonamides is 1. The fourth-order valence-corrected chi connectivity index (χ4v) is 4.52. The molecule has 2 aliphatic rings. The zero-order valence-corrected chi connectivity index (χ0v) is 13.2. The lowest BCUT2D eigenvalue weighted by molar-refractivity contribution is 0.0572. The summed E-state index contributed by atoms with van der Waals surface area (Å²) in [7, 11) is -1.81. The van der Waals surface area contributed by atoms with Crippen LogP contribution in [0.4, 0.5) is 0 Å². The molecule has 1 unspecified atom stereocenters. The topological polar surface area (TPSA) is 77.6 Å². The first-order valence-electron chi connectivity index (χ1n) is 7.50. The number of ether oxygens (including phenoxy) is 1. The highest BCUT2D eigenvalue weighted by Crippen LogP contribution is 2.37. The van der Waals surface area contributed by atoms with Crippen LogP contribution in [-0.2, 0) is 21.3 Å². The molecule has 1 aliphatic carbocycles. The van der Waals surface area contributed by atoms with Gasteiger partial charge in [0.05, 0.1) is 6.10 Å². The third kappa shape index (κ3) is 2.88. The number of piperidine rings is 1. The molecular formula is C14H23N3O3S. The van der Waals surface area contributed by atoms with Crippen molar-refractivity contribution in [3.63, 3.8) is 0 Å². The summed E-state index contributed by atoms with van der Waals surface area (Å²) in [6, 6.07) is 2.16. The minimum atomic E-state index is -3.45. The van der Waals surface area contributed by atoms with E-state index in [4.69, 9.17) is 10.5 Å². The number of nitrogens with two attached hydrogens (primary N) is 1. The van der Waals surface area contributed by atoms with E-state index in [0.29, 0.717) is 30.6 Å². The molecule has 1 aliphatic heterocycles. The lowest BCUT2D eigenvalue weighted by Gasteiger charge is -2.30. The SMILES string of the molecule is COC1CCCN(S(=O)(=O)c2cc(CN)n(C3CC3)c2)C1. The number of nitrogens with zero attached hydrogens (tertiary/aromatic N) is 2. The van der Waals surface area contributed by atoms with Gasteiger partial charge in [-0.2, -0.15) is 4.31 Å². The van der Waals surface area contributed by atoms with Gasteiger partial charge in [0.25, 0.3) is 0 Å². The maximum Gasteiger partial charge on any atom is 0.244 e. The highest BCUT2D eigenvalue weighted by Gasteiger charge is 2.33. The lowest BCUT2D eigenvalue weighted by Crippen LogP contribution is -2.42. The molecule has 1 aromatic rings. The highest BCUT2D eigenvalue weighted by atomic mass is 32.2. The number of hydrogen-bond acceptors (Lipinski definition) is 4. The van der Waals surface area contributed by atoms with Crippen molar-refractivity contribution in [3.8, 4) is 0 Å².